The molecule has 1 aromatic heterocycles. The number of carbonyl (C=O) groups excluding carboxylic acids is 1. The highest BCUT2D eigenvalue weighted by atomic mass is 35.5. The third-order valence-electron chi connectivity index (χ3n) is 2.89. The molecule has 0 unspecified atom stereocenters. The number of azide groups is 1. The molecule has 0 aliphatic carbocycles. The van der Waals surface area contributed by atoms with Crippen LogP contribution in [0.15, 0.2) is 28.5 Å². The monoisotopic (exact) mass is 316 g/mol. The third kappa shape index (κ3) is 4.22. The van der Waals surface area contributed by atoms with Crippen LogP contribution in [0.4, 0.5) is 0 Å². The van der Waals surface area contributed by atoms with Gasteiger partial charge in [-0.2, -0.15) is 5.10 Å². The lowest BCUT2D eigenvalue weighted by atomic mass is 10.1. The molecule has 0 spiro atoms. The first-order chi connectivity index (χ1) is 10.7. The van der Waals surface area contributed by atoms with E-state index >= 15 is 0 Å². The van der Waals surface area contributed by atoms with Gasteiger partial charge in [-0.05, 0) is 17.7 Å². The van der Waals surface area contributed by atoms with Crippen molar-refractivity contribution in [3.8, 4) is 11.8 Å². The van der Waals surface area contributed by atoms with Gasteiger partial charge in [0, 0.05) is 36.9 Å². The maximum Gasteiger partial charge on any atom is 0.243 e. The maximum absolute atomic E-state index is 11.9. The van der Waals surface area contributed by atoms with Crippen LogP contribution in [0.5, 0.6) is 0 Å². The maximum atomic E-state index is 11.9. The van der Waals surface area contributed by atoms with Crippen molar-refractivity contribution in [1.29, 1.82) is 0 Å². The van der Waals surface area contributed by atoms with E-state index in [0.29, 0.717) is 42.2 Å². The predicted octanol–water partition coefficient (Wildman–Crippen LogP) is 2.77. The van der Waals surface area contributed by atoms with Gasteiger partial charge in [-0.25, -0.2) is 5.01 Å². The second-order valence-corrected chi connectivity index (χ2v) is 4.80. The van der Waals surface area contributed by atoms with Crippen LogP contribution in [0.3, 0.4) is 0 Å². The molecule has 0 atom stereocenters. The molecule has 112 valence electrons. The predicted molar refractivity (Wildman–Crippen MR) is 83.1 cm³/mol. The number of pyridine rings is 1. The molecule has 0 saturated carbocycles. The number of halogens is 1. The standard InChI is InChI=1S/C14H13ClN6O/c15-11-5-4-8-17-14(11)12-6-7-13(22)21(19-12)10-3-1-2-9-18-20-16/h4-5,8H,2,6-7,9-10H2. The minimum Gasteiger partial charge on any atom is -0.273 e. The van der Waals surface area contributed by atoms with Crippen molar-refractivity contribution < 1.29 is 4.79 Å². The van der Waals surface area contributed by atoms with Crippen molar-refractivity contribution in [3.05, 3.63) is 39.5 Å². The molecular formula is C14H13ClN6O. The summed E-state index contributed by atoms with van der Waals surface area (Å²) in [6.45, 7) is 0.512. The van der Waals surface area contributed by atoms with Crippen molar-refractivity contribution in [1.82, 2.24) is 9.99 Å². The summed E-state index contributed by atoms with van der Waals surface area (Å²) in [7, 11) is 0. The van der Waals surface area contributed by atoms with E-state index in [-0.39, 0.29) is 12.5 Å². The Morgan fingerprint density at radius 2 is 2.32 bits per heavy atom. The first kappa shape index (κ1) is 15.8. The zero-order valence-electron chi connectivity index (χ0n) is 11.7. The van der Waals surface area contributed by atoms with Crippen molar-refractivity contribution in [2.75, 3.05) is 13.1 Å². The number of hydrazone groups is 1. The Balaban J connectivity index is 2.07. The molecule has 0 bridgehead atoms. The molecule has 1 aromatic rings. The van der Waals surface area contributed by atoms with Crippen LogP contribution < -0.4 is 0 Å². The van der Waals surface area contributed by atoms with Crippen molar-refractivity contribution in [2.24, 2.45) is 10.2 Å². The van der Waals surface area contributed by atoms with Crippen molar-refractivity contribution in [3.63, 3.8) is 0 Å². The number of amides is 1. The molecule has 0 fully saturated rings. The lowest BCUT2D eigenvalue weighted by Gasteiger charge is -2.21. The van der Waals surface area contributed by atoms with E-state index in [0.717, 1.165) is 0 Å². The highest BCUT2D eigenvalue weighted by Crippen LogP contribution is 2.19. The van der Waals surface area contributed by atoms with Gasteiger partial charge in [-0.15, -0.1) is 5.92 Å². The second kappa shape index (κ2) is 8.03. The van der Waals surface area contributed by atoms with E-state index in [1.807, 2.05) is 0 Å². The molecular weight excluding hydrogens is 304 g/mol. The Labute approximate surface area is 132 Å². The molecule has 1 aliphatic heterocycles. The first-order valence-electron chi connectivity index (χ1n) is 6.67. The number of nitrogens with zero attached hydrogens (tertiary/aromatic N) is 6. The summed E-state index contributed by atoms with van der Waals surface area (Å²) in [4.78, 5) is 18.7. The summed E-state index contributed by atoms with van der Waals surface area (Å²) in [6.07, 6.45) is 2.96. The smallest absolute Gasteiger partial charge is 0.243 e. The highest BCUT2D eigenvalue weighted by Gasteiger charge is 2.22. The van der Waals surface area contributed by atoms with E-state index in [2.05, 4.69) is 32.0 Å². The zero-order valence-corrected chi connectivity index (χ0v) is 12.5. The fourth-order valence-corrected chi connectivity index (χ4v) is 2.09. The summed E-state index contributed by atoms with van der Waals surface area (Å²) in [5.74, 6) is 5.59. The fraction of sp³-hybridized carbons (Fsp3) is 0.357. The molecule has 2 rings (SSSR count). The molecule has 1 aliphatic rings. The van der Waals surface area contributed by atoms with E-state index in [9.17, 15) is 4.79 Å². The van der Waals surface area contributed by atoms with E-state index < -0.39 is 0 Å². The van der Waals surface area contributed by atoms with Gasteiger partial charge >= 0.3 is 0 Å². The van der Waals surface area contributed by atoms with Gasteiger partial charge in [-0.3, -0.25) is 9.78 Å². The second-order valence-electron chi connectivity index (χ2n) is 4.39. The van der Waals surface area contributed by atoms with Gasteiger partial charge in [0.25, 0.3) is 0 Å². The minimum atomic E-state index is -0.0832. The number of rotatable bonds is 4. The summed E-state index contributed by atoms with van der Waals surface area (Å²) in [5, 5.41) is 9.51. The SMILES string of the molecule is [N-]=[N+]=NCCC#CCN1N=C(c2ncccc2Cl)CCC1=O. The number of aromatic nitrogens is 1. The Morgan fingerprint density at radius 3 is 3.09 bits per heavy atom. The van der Waals surface area contributed by atoms with Crippen LogP contribution in [-0.2, 0) is 4.79 Å². The van der Waals surface area contributed by atoms with Crippen LogP contribution in [-0.4, -0.2) is 34.7 Å². The average molecular weight is 317 g/mol. The van der Waals surface area contributed by atoms with Crippen LogP contribution in [0, 0.1) is 11.8 Å². The molecule has 7 nitrogen and oxygen atoms in total. The van der Waals surface area contributed by atoms with Gasteiger partial charge in [0.2, 0.25) is 5.91 Å². The molecule has 0 radical (unpaired) electrons. The lowest BCUT2D eigenvalue weighted by molar-refractivity contribution is -0.131. The molecule has 0 aromatic carbocycles. The summed E-state index contributed by atoms with van der Waals surface area (Å²) < 4.78 is 0. The van der Waals surface area contributed by atoms with Gasteiger partial charge in [-0.1, -0.05) is 22.6 Å². The van der Waals surface area contributed by atoms with Gasteiger partial charge in [0.15, 0.2) is 0 Å². The quantitative estimate of drug-likeness (QED) is 0.281. The molecule has 0 saturated heterocycles. The summed E-state index contributed by atoms with van der Waals surface area (Å²) in [5.41, 5.74) is 9.42. The van der Waals surface area contributed by atoms with E-state index in [4.69, 9.17) is 17.1 Å². The van der Waals surface area contributed by atoms with E-state index in [1.54, 1.807) is 18.3 Å². The third-order valence-corrected chi connectivity index (χ3v) is 3.20. The van der Waals surface area contributed by atoms with Gasteiger partial charge in [0.05, 0.1) is 10.7 Å². The van der Waals surface area contributed by atoms with Crippen LogP contribution in [0.2, 0.25) is 5.02 Å². The molecule has 2 heterocycles. The Kier molecular flexibility index (Phi) is 5.78. The van der Waals surface area contributed by atoms with Crippen LogP contribution >= 0.6 is 11.6 Å². The van der Waals surface area contributed by atoms with Gasteiger partial charge in [0.1, 0.15) is 12.2 Å². The first-order valence-corrected chi connectivity index (χ1v) is 7.05. The Hall–Kier alpha value is -2.55. The summed E-state index contributed by atoms with van der Waals surface area (Å²) >= 11 is 6.10. The molecule has 1 amide bonds. The van der Waals surface area contributed by atoms with Crippen LogP contribution in [0.25, 0.3) is 10.4 Å². The van der Waals surface area contributed by atoms with Crippen molar-refractivity contribution >= 4 is 23.2 Å². The van der Waals surface area contributed by atoms with Crippen molar-refractivity contribution in [2.45, 2.75) is 19.3 Å². The average Bonchev–Trinajstić information content (AvgIpc) is 2.53. The summed E-state index contributed by atoms with van der Waals surface area (Å²) in [6, 6.07) is 3.48. The largest absolute Gasteiger partial charge is 0.273 e. The molecule has 0 N–H and O–H groups in total. The number of hydrogen-bond acceptors (Lipinski definition) is 4. The van der Waals surface area contributed by atoms with Gasteiger partial charge < -0.3 is 0 Å². The fourth-order valence-electron chi connectivity index (χ4n) is 1.86. The highest BCUT2D eigenvalue weighted by molar-refractivity contribution is 6.34. The zero-order chi connectivity index (χ0) is 15.8. The normalized spacial score (nSPS) is 13.8. The molecule has 22 heavy (non-hydrogen) atoms. The lowest BCUT2D eigenvalue weighted by Crippen LogP contribution is -2.32. The minimum absolute atomic E-state index is 0.0832. The Bertz CT molecular complexity index is 699. The van der Waals surface area contributed by atoms with E-state index in [1.165, 1.54) is 5.01 Å². The number of hydrogen-bond donors (Lipinski definition) is 0. The Morgan fingerprint density at radius 1 is 1.45 bits per heavy atom. The number of carbonyl (C=O) groups is 1. The molecule has 8 heteroatoms. The van der Waals surface area contributed by atoms with Crippen LogP contribution in [0.1, 0.15) is 25.0 Å². The topological polar surface area (TPSA) is 94.3 Å².